The molecule has 174 valence electrons. The van der Waals surface area contributed by atoms with E-state index < -0.39 is 0 Å². The van der Waals surface area contributed by atoms with Gasteiger partial charge in [-0.1, -0.05) is 59.1 Å². The number of nitrogens with zero attached hydrogens (tertiary/aromatic N) is 1. The van der Waals surface area contributed by atoms with Crippen molar-refractivity contribution < 1.29 is 14.3 Å². The van der Waals surface area contributed by atoms with Crippen molar-refractivity contribution >= 4 is 95.6 Å². The summed E-state index contributed by atoms with van der Waals surface area (Å²) in [5, 5.41) is 1.24. The lowest BCUT2D eigenvalue weighted by molar-refractivity contribution is -0.123. The first-order valence-corrected chi connectivity index (χ1v) is 13.3. The largest absolute Gasteiger partial charge is 0.486 e. The second-order valence-electron chi connectivity index (χ2n) is 7.20. The van der Waals surface area contributed by atoms with Crippen LogP contribution in [0.1, 0.15) is 16.7 Å². The van der Waals surface area contributed by atoms with Gasteiger partial charge >= 0.3 is 0 Å². The maximum absolute atomic E-state index is 12.9. The zero-order valence-corrected chi connectivity index (χ0v) is 23.4. The van der Waals surface area contributed by atoms with Crippen LogP contribution in [0.4, 0.5) is 4.79 Å². The first-order valence-electron chi connectivity index (χ1n) is 9.77. The predicted octanol–water partition coefficient (Wildman–Crippen LogP) is 8.99. The van der Waals surface area contributed by atoms with Crippen molar-refractivity contribution in [3.8, 4) is 5.75 Å². The van der Waals surface area contributed by atoms with Crippen LogP contribution in [-0.2, 0) is 17.9 Å². The van der Waals surface area contributed by atoms with Crippen molar-refractivity contribution in [3.63, 3.8) is 0 Å². The van der Waals surface area contributed by atoms with E-state index in [2.05, 4.69) is 31.9 Å². The molecule has 1 heterocycles. The zero-order chi connectivity index (χ0) is 24.4. The molecule has 0 N–H and O–H groups in total. The van der Waals surface area contributed by atoms with E-state index in [1.54, 1.807) is 42.5 Å². The van der Waals surface area contributed by atoms with Gasteiger partial charge in [-0.3, -0.25) is 14.5 Å². The minimum atomic E-state index is -0.361. The van der Waals surface area contributed by atoms with E-state index in [0.29, 0.717) is 40.2 Å². The lowest BCUT2D eigenvalue weighted by atomic mass is 10.2. The van der Waals surface area contributed by atoms with Gasteiger partial charge < -0.3 is 4.74 Å². The highest BCUT2D eigenvalue weighted by Crippen LogP contribution is 2.39. The number of halogens is 5. The Morgan fingerprint density at radius 3 is 2.29 bits per heavy atom. The van der Waals surface area contributed by atoms with Crippen molar-refractivity contribution in [2.75, 3.05) is 0 Å². The fourth-order valence-corrected chi connectivity index (χ4v) is 6.12. The number of imide groups is 1. The summed E-state index contributed by atoms with van der Waals surface area (Å²) in [6.45, 7) is 0.364. The van der Waals surface area contributed by atoms with E-state index in [0.717, 1.165) is 22.9 Å². The van der Waals surface area contributed by atoms with Gasteiger partial charge in [-0.05, 0) is 91.2 Å². The topological polar surface area (TPSA) is 46.6 Å². The van der Waals surface area contributed by atoms with Gasteiger partial charge in [-0.2, -0.15) is 0 Å². The summed E-state index contributed by atoms with van der Waals surface area (Å²) in [5.74, 6) is 0.217. The van der Waals surface area contributed by atoms with Crippen LogP contribution in [0.5, 0.6) is 5.75 Å². The Balaban J connectivity index is 1.51. The summed E-state index contributed by atoms with van der Waals surface area (Å²) >= 11 is 26.3. The number of amides is 2. The number of carbonyl (C=O) groups excluding carboxylic acids is 2. The molecule has 0 radical (unpaired) electrons. The van der Waals surface area contributed by atoms with Gasteiger partial charge in [-0.25, -0.2) is 0 Å². The van der Waals surface area contributed by atoms with Gasteiger partial charge in [0.05, 0.1) is 20.4 Å². The van der Waals surface area contributed by atoms with Gasteiger partial charge in [0.15, 0.2) is 0 Å². The minimum Gasteiger partial charge on any atom is -0.486 e. The quantitative estimate of drug-likeness (QED) is 0.247. The Bertz CT molecular complexity index is 1310. The van der Waals surface area contributed by atoms with Crippen molar-refractivity contribution in [2.24, 2.45) is 0 Å². The highest BCUT2D eigenvalue weighted by atomic mass is 79.9. The number of carbonyl (C=O) groups is 2. The second-order valence-corrected chi connectivity index (χ2v) is 11.2. The zero-order valence-electron chi connectivity index (χ0n) is 17.2. The molecule has 4 rings (SSSR count). The molecule has 0 spiro atoms. The predicted molar refractivity (Wildman–Crippen MR) is 146 cm³/mol. The molecule has 1 aliphatic heterocycles. The molecule has 0 bridgehead atoms. The summed E-state index contributed by atoms with van der Waals surface area (Å²) < 4.78 is 7.29. The fraction of sp³-hybridized carbons (Fsp3) is 0.0833. The first-order chi connectivity index (χ1) is 16.2. The highest BCUT2D eigenvalue weighted by molar-refractivity contribution is 9.11. The van der Waals surface area contributed by atoms with Gasteiger partial charge in [0.25, 0.3) is 11.1 Å². The summed E-state index contributed by atoms with van der Waals surface area (Å²) in [7, 11) is 0. The van der Waals surface area contributed by atoms with Crippen molar-refractivity contribution in [1.82, 2.24) is 4.90 Å². The van der Waals surface area contributed by atoms with Gasteiger partial charge in [-0.15, -0.1) is 0 Å². The van der Waals surface area contributed by atoms with Crippen LogP contribution in [0.25, 0.3) is 6.08 Å². The van der Waals surface area contributed by atoms with Crippen molar-refractivity contribution in [1.29, 1.82) is 0 Å². The molecule has 3 aromatic rings. The molecule has 1 fully saturated rings. The van der Waals surface area contributed by atoms with Gasteiger partial charge in [0, 0.05) is 20.6 Å². The Hall–Kier alpha value is -1.48. The molecule has 0 atom stereocenters. The van der Waals surface area contributed by atoms with Gasteiger partial charge in [0.1, 0.15) is 12.4 Å². The lowest BCUT2D eigenvalue weighted by Gasteiger charge is -2.13. The Kier molecular flexibility index (Phi) is 8.33. The molecule has 34 heavy (non-hydrogen) atoms. The number of benzene rings is 3. The maximum atomic E-state index is 12.9. The van der Waals surface area contributed by atoms with E-state index in [-0.39, 0.29) is 24.3 Å². The number of hydrogen-bond donors (Lipinski definition) is 0. The van der Waals surface area contributed by atoms with E-state index in [1.807, 2.05) is 18.2 Å². The van der Waals surface area contributed by atoms with Crippen molar-refractivity contribution in [3.05, 3.63) is 100 Å². The summed E-state index contributed by atoms with van der Waals surface area (Å²) in [6, 6.07) is 16.0. The SMILES string of the molecule is O=C1S/C(=C\c2cc(Br)c(OCc3ccc(Cl)cc3Cl)c(Br)c2)C(=O)N1Cc1ccccc1Cl. The van der Waals surface area contributed by atoms with Crippen LogP contribution in [-0.4, -0.2) is 16.0 Å². The summed E-state index contributed by atoms with van der Waals surface area (Å²) in [4.78, 5) is 26.9. The normalized spacial score (nSPS) is 14.9. The van der Waals surface area contributed by atoms with E-state index >= 15 is 0 Å². The van der Waals surface area contributed by atoms with E-state index in [4.69, 9.17) is 39.5 Å². The smallest absolute Gasteiger partial charge is 0.293 e. The Labute approximate surface area is 232 Å². The number of hydrogen-bond acceptors (Lipinski definition) is 4. The average Bonchev–Trinajstić information content (AvgIpc) is 3.03. The molecule has 0 unspecified atom stereocenters. The molecule has 2 amide bonds. The molecule has 10 heteroatoms. The molecule has 1 aliphatic rings. The van der Waals surface area contributed by atoms with E-state index in [9.17, 15) is 9.59 Å². The third kappa shape index (κ3) is 5.83. The monoisotopic (exact) mass is 659 g/mol. The molecule has 3 aromatic carbocycles. The van der Waals surface area contributed by atoms with Crippen LogP contribution in [0.2, 0.25) is 15.1 Å². The number of thioether (sulfide) groups is 1. The van der Waals surface area contributed by atoms with Crippen LogP contribution in [0.15, 0.2) is 68.4 Å². The van der Waals surface area contributed by atoms with Crippen LogP contribution in [0.3, 0.4) is 0 Å². The van der Waals surface area contributed by atoms with E-state index in [1.165, 1.54) is 4.90 Å². The maximum Gasteiger partial charge on any atom is 0.293 e. The standard InChI is InChI=1S/C24H14Br2Cl3NO3S/c25-17-7-13(8-18(26)22(17)33-12-15-5-6-16(27)10-20(15)29)9-21-23(31)30(24(32)34-21)11-14-3-1-2-4-19(14)28/h1-10H,11-12H2/b21-9-. The third-order valence-electron chi connectivity index (χ3n) is 4.87. The number of ether oxygens (including phenoxy) is 1. The fourth-order valence-electron chi connectivity index (χ4n) is 3.17. The van der Waals surface area contributed by atoms with Crippen LogP contribution in [0, 0.1) is 0 Å². The summed E-state index contributed by atoms with van der Waals surface area (Å²) in [6.07, 6.45) is 1.67. The van der Waals surface area contributed by atoms with Crippen LogP contribution < -0.4 is 4.74 Å². The summed E-state index contributed by atoms with van der Waals surface area (Å²) in [5.41, 5.74) is 2.22. The lowest BCUT2D eigenvalue weighted by Crippen LogP contribution is -2.27. The Morgan fingerprint density at radius 2 is 1.62 bits per heavy atom. The van der Waals surface area contributed by atoms with Gasteiger partial charge in [0.2, 0.25) is 0 Å². The molecule has 4 nitrogen and oxygen atoms in total. The molecular formula is C24H14Br2Cl3NO3S. The minimum absolute atomic E-state index is 0.120. The first kappa shape index (κ1) is 25.6. The molecule has 0 aromatic heterocycles. The molecular weight excluding hydrogens is 649 g/mol. The molecule has 1 saturated heterocycles. The molecule has 0 saturated carbocycles. The number of rotatable bonds is 6. The highest BCUT2D eigenvalue weighted by Gasteiger charge is 2.35. The second kappa shape index (κ2) is 11.1. The average molecular weight is 663 g/mol. The Morgan fingerprint density at radius 1 is 0.912 bits per heavy atom. The third-order valence-corrected chi connectivity index (χ3v) is 7.91. The van der Waals surface area contributed by atoms with Crippen LogP contribution >= 0.6 is 78.4 Å². The van der Waals surface area contributed by atoms with Crippen molar-refractivity contribution in [2.45, 2.75) is 13.2 Å². The molecule has 0 aliphatic carbocycles.